The summed E-state index contributed by atoms with van der Waals surface area (Å²) >= 11 is 0. The number of carbonyl (C=O) groups is 2. The van der Waals surface area contributed by atoms with E-state index in [0.29, 0.717) is 17.0 Å². The summed E-state index contributed by atoms with van der Waals surface area (Å²) in [7, 11) is 1.54. The van der Waals surface area contributed by atoms with Gasteiger partial charge >= 0.3 is 5.97 Å². The first kappa shape index (κ1) is 17.5. The number of nitrogens with one attached hydrogen (secondary N) is 1. The molecule has 0 aliphatic carbocycles. The second-order valence-corrected chi connectivity index (χ2v) is 5.36. The fraction of sp³-hybridized carbons (Fsp3) is 0.263. The molecule has 1 amide bonds. The first-order chi connectivity index (χ1) is 11.5. The number of ether oxygens (including phenoxy) is 2. The van der Waals surface area contributed by atoms with Crippen molar-refractivity contribution in [1.82, 2.24) is 0 Å². The number of amides is 1. The maximum atomic E-state index is 12.0. The van der Waals surface area contributed by atoms with Crippen LogP contribution in [-0.2, 0) is 16.0 Å². The minimum Gasteiger partial charge on any atom is -0.496 e. The molecule has 0 fully saturated rings. The Bertz CT molecular complexity index is 723. The molecule has 0 spiro atoms. The lowest BCUT2D eigenvalue weighted by Gasteiger charge is -2.09. The minimum atomic E-state index is -0.565. The number of benzene rings is 2. The van der Waals surface area contributed by atoms with E-state index in [2.05, 4.69) is 12.2 Å². The molecule has 2 aromatic carbocycles. The molecule has 0 atom stereocenters. The molecular weight excluding hydrogens is 306 g/mol. The molecule has 0 unspecified atom stereocenters. The third-order valence-corrected chi connectivity index (χ3v) is 3.62. The molecule has 2 rings (SSSR count). The van der Waals surface area contributed by atoms with Gasteiger partial charge in [0.25, 0.3) is 5.91 Å². The van der Waals surface area contributed by atoms with E-state index in [1.54, 1.807) is 18.2 Å². The van der Waals surface area contributed by atoms with Gasteiger partial charge in [0.05, 0.1) is 12.7 Å². The average Bonchev–Trinajstić information content (AvgIpc) is 2.60. The van der Waals surface area contributed by atoms with Crippen LogP contribution in [0.1, 0.15) is 28.4 Å². The van der Waals surface area contributed by atoms with Gasteiger partial charge in [-0.2, -0.15) is 0 Å². The van der Waals surface area contributed by atoms with Gasteiger partial charge in [0, 0.05) is 5.69 Å². The average molecular weight is 327 g/mol. The lowest BCUT2D eigenvalue weighted by Crippen LogP contribution is -2.21. The van der Waals surface area contributed by atoms with Gasteiger partial charge < -0.3 is 14.8 Å². The summed E-state index contributed by atoms with van der Waals surface area (Å²) in [5, 5.41) is 2.69. The zero-order valence-electron chi connectivity index (χ0n) is 14.1. The number of aryl methyl sites for hydroxylation is 2. The van der Waals surface area contributed by atoms with Gasteiger partial charge in [-0.05, 0) is 48.7 Å². The Morgan fingerprint density at radius 1 is 1.08 bits per heavy atom. The molecule has 0 aliphatic rings. The third kappa shape index (κ3) is 4.59. The standard InChI is InChI=1S/C19H21NO4/c1-4-14-6-9-16(10-7-14)20-18(21)12-24-19(22)15-8-5-13(2)17(11-15)23-3/h5-11H,4,12H2,1-3H3,(H,20,21). The van der Waals surface area contributed by atoms with Crippen molar-refractivity contribution in [2.45, 2.75) is 20.3 Å². The van der Waals surface area contributed by atoms with Gasteiger partial charge in [0.1, 0.15) is 5.75 Å². The summed E-state index contributed by atoms with van der Waals surface area (Å²) in [5.74, 6) is -0.346. The maximum absolute atomic E-state index is 12.0. The highest BCUT2D eigenvalue weighted by Crippen LogP contribution is 2.19. The Balaban J connectivity index is 1.89. The zero-order valence-corrected chi connectivity index (χ0v) is 14.1. The van der Waals surface area contributed by atoms with E-state index in [1.807, 2.05) is 31.2 Å². The van der Waals surface area contributed by atoms with Gasteiger partial charge in [0.2, 0.25) is 0 Å². The highest BCUT2D eigenvalue weighted by Gasteiger charge is 2.12. The summed E-state index contributed by atoms with van der Waals surface area (Å²) in [4.78, 5) is 23.9. The van der Waals surface area contributed by atoms with Gasteiger partial charge in [0.15, 0.2) is 6.61 Å². The SMILES string of the molecule is CCc1ccc(NC(=O)COC(=O)c2ccc(C)c(OC)c2)cc1. The van der Waals surface area contributed by atoms with Crippen molar-refractivity contribution < 1.29 is 19.1 Å². The number of hydrogen-bond acceptors (Lipinski definition) is 4. The molecule has 2 aromatic rings. The normalized spacial score (nSPS) is 10.1. The van der Waals surface area contributed by atoms with Crippen molar-refractivity contribution in [3.63, 3.8) is 0 Å². The molecule has 0 aromatic heterocycles. The molecule has 5 heteroatoms. The smallest absolute Gasteiger partial charge is 0.338 e. The molecule has 0 heterocycles. The van der Waals surface area contributed by atoms with E-state index in [-0.39, 0.29) is 12.5 Å². The zero-order chi connectivity index (χ0) is 17.5. The fourth-order valence-electron chi connectivity index (χ4n) is 2.18. The number of anilines is 1. The summed E-state index contributed by atoms with van der Waals surface area (Å²) in [6, 6.07) is 12.5. The summed E-state index contributed by atoms with van der Waals surface area (Å²) in [5.41, 5.74) is 3.12. The van der Waals surface area contributed by atoms with Crippen LogP contribution in [0.2, 0.25) is 0 Å². The minimum absolute atomic E-state index is 0.343. The van der Waals surface area contributed by atoms with Gasteiger partial charge in [-0.15, -0.1) is 0 Å². The molecular formula is C19H21NO4. The molecule has 0 saturated carbocycles. The largest absolute Gasteiger partial charge is 0.496 e. The summed E-state index contributed by atoms with van der Waals surface area (Å²) in [6.07, 6.45) is 0.936. The second-order valence-electron chi connectivity index (χ2n) is 5.36. The van der Waals surface area contributed by atoms with Crippen molar-refractivity contribution in [2.75, 3.05) is 19.0 Å². The predicted molar refractivity (Wildman–Crippen MR) is 92.5 cm³/mol. The third-order valence-electron chi connectivity index (χ3n) is 3.62. The van der Waals surface area contributed by atoms with E-state index in [9.17, 15) is 9.59 Å². The van der Waals surface area contributed by atoms with Crippen molar-refractivity contribution in [1.29, 1.82) is 0 Å². The Hall–Kier alpha value is -2.82. The number of carbonyl (C=O) groups excluding carboxylic acids is 2. The Labute approximate surface area is 141 Å². The van der Waals surface area contributed by atoms with Crippen LogP contribution in [0.5, 0.6) is 5.75 Å². The first-order valence-electron chi connectivity index (χ1n) is 7.74. The number of methoxy groups -OCH3 is 1. The first-order valence-corrected chi connectivity index (χ1v) is 7.74. The van der Waals surface area contributed by atoms with E-state index in [4.69, 9.17) is 9.47 Å². The van der Waals surface area contributed by atoms with Crippen LogP contribution in [0.25, 0.3) is 0 Å². The molecule has 1 N–H and O–H groups in total. The monoisotopic (exact) mass is 327 g/mol. The van der Waals surface area contributed by atoms with Crippen molar-refractivity contribution in [2.24, 2.45) is 0 Å². The van der Waals surface area contributed by atoms with Crippen LogP contribution in [0.4, 0.5) is 5.69 Å². The maximum Gasteiger partial charge on any atom is 0.338 e. The van der Waals surface area contributed by atoms with E-state index in [0.717, 1.165) is 12.0 Å². The highest BCUT2D eigenvalue weighted by molar-refractivity contribution is 5.95. The van der Waals surface area contributed by atoms with Gasteiger partial charge in [-0.1, -0.05) is 25.1 Å². The topological polar surface area (TPSA) is 64.6 Å². The molecule has 5 nitrogen and oxygen atoms in total. The predicted octanol–water partition coefficient (Wildman–Crippen LogP) is 3.36. The lowest BCUT2D eigenvalue weighted by atomic mass is 10.1. The van der Waals surface area contributed by atoms with Crippen LogP contribution in [-0.4, -0.2) is 25.6 Å². The van der Waals surface area contributed by atoms with Crippen molar-refractivity contribution in [3.05, 3.63) is 59.2 Å². The van der Waals surface area contributed by atoms with E-state index in [1.165, 1.54) is 12.7 Å². The Kier molecular flexibility index (Phi) is 5.95. The molecule has 0 saturated heterocycles. The molecule has 0 bridgehead atoms. The van der Waals surface area contributed by atoms with Crippen LogP contribution in [0.15, 0.2) is 42.5 Å². The fourth-order valence-corrected chi connectivity index (χ4v) is 2.18. The van der Waals surface area contributed by atoms with Crippen molar-refractivity contribution >= 4 is 17.6 Å². The van der Waals surface area contributed by atoms with E-state index >= 15 is 0 Å². The summed E-state index contributed by atoms with van der Waals surface area (Å²) in [6.45, 7) is 3.60. The van der Waals surface area contributed by atoms with Gasteiger partial charge in [-0.3, -0.25) is 4.79 Å². The van der Waals surface area contributed by atoms with Gasteiger partial charge in [-0.25, -0.2) is 4.79 Å². The van der Waals surface area contributed by atoms with Crippen LogP contribution in [0.3, 0.4) is 0 Å². The lowest BCUT2D eigenvalue weighted by molar-refractivity contribution is -0.119. The van der Waals surface area contributed by atoms with Crippen LogP contribution in [0, 0.1) is 6.92 Å². The molecule has 0 aliphatic heterocycles. The highest BCUT2D eigenvalue weighted by atomic mass is 16.5. The number of esters is 1. The second kappa shape index (κ2) is 8.15. The van der Waals surface area contributed by atoms with E-state index < -0.39 is 5.97 Å². The van der Waals surface area contributed by atoms with Crippen molar-refractivity contribution in [3.8, 4) is 5.75 Å². The quantitative estimate of drug-likeness (QED) is 0.826. The van der Waals surface area contributed by atoms with Crippen LogP contribution >= 0.6 is 0 Å². The molecule has 126 valence electrons. The molecule has 24 heavy (non-hydrogen) atoms. The summed E-state index contributed by atoms with van der Waals surface area (Å²) < 4.78 is 10.2. The Morgan fingerprint density at radius 3 is 2.42 bits per heavy atom. The molecule has 0 radical (unpaired) electrons. The van der Waals surface area contributed by atoms with Crippen LogP contribution < -0.4 is 10.1 Å². The number of hydrogen-bond donors (Lipinski definition) is 1. The Morgan fingerprint density at radius 2 is 1.79 bits per heavy atom. The number of rotatable bonds is 6.